The van der Waals surface area contributed by atoms with Crippen molar-refractivity contribution < 1.29 is 13.2 Å². The van der Waals surface area contributed by atoms with Crippen molar-refractivity contribution >= 4 is 11.4 Å². The van der Waals surface area contributed by atoms with Gasteiger partial charge in [0.05, 0.1) is 11.3 Å². The normalized spacial score (nSPS) is 11.1. The van der Waals surface area contributed by atoms with Gasteiger partial charge in [-0.3, -0.25) is 0 Å². The van der Waals surface area contributed by atoms with Crippen molar-refractivity contribution in [2.45, 2.75) is 19.5 Å². The van der Waals surface area contributed by atoms with Crippen LogP contribution in [-0.4, -0.2) is 19.3 Å². The Morgan fingerprint density at radius 1 is 1.39 bits per heavy atom. The van der Waals surface area contributed by atoms with Gasteiger partial charge >= 0.3 is 6.18 Å². The van der Waals surface area contributed by atoms with Crippen LogP contribution in [0.25, 0.3) is 0 Å². The van der Waals surface area contributed by atoms with Crippen LogP contribution in [-0.2, 0) is 0 Å². The van der Waals surface area contributed by atoms with Crippen LogP contribution in [0, 0.1) is 11.3 Å². The number of nitrogens with zero attached hydrogens (tertiary/aromatic N) is 2. The summed E-state index contributed by atoms with van der Waals surface area (Å²) in [5.74, 6) is 0. The Morgan fingerprint density at radius 2 is 2.06 bits per heavy atom. The van der Waals surface area contributed by atoms with Crippen molar-refractivity contribution in [3.63, 3.8) is 0 Å². The first-order valence-corrected chi connectivity index (χ1v) is 5.48. The molecule has 0 aliphatic heterocycles. The Bertz CT molecular complexity index is 449. The smallest absolute Gasteiger partial charge is 0.399 e. The Hall–Kier alpha value is -1.90. The van der Waals surface area contributed by atoms with Crippen molar-refractivity contribution in [1.82, 2.24) is 0 Å². The van der Waals surface area contributed by atoms with Gasteiger partial charge in [0.15, 0.2) is 0 Å². The van der Waals surface area contributed by atoms with Crippen LogP contribution in [0.15, 0.2) is 18.2 Å². The number of hydrogen-bond donors (Lipinski definition) is 1. The topological polar surface area (TPSA) is 53.0 Å². The summed E-state index contributed by atoms with van der Waals surface area (Å²) in [4.78, 5) is 1.15. The van der Waals surface area contributed by atoms with E-state index in [1.54, 1.807) is 6.92 Å². The average Bonchev–Trinajstić information content (AvgIpc) is 2.26. The summed E-state index contributed by atoms with van der Waals surface area (Å²) in [5.41, 5.74) is 6.30. The molecular weight excluding hydrogens is 243 g/mol. The summed E-state index contributed by atoms with van der Waals surface area (Å²) in [5, 5.41) is 8.94. The highest BCUT2D eigenvalue weighted by atomic mass is 19.4. The summed E-state index contributed by atoms with van der Waals surface area (Å²) >= 11 is 0. The molecule has 6 heteroatoms. The number of benzene rings is 1. The zero-order valence-electron chi connectivity index (χ0n) is 9.96. The molecule has 0 aromatic heterocycles. The highest BCUT2D eigenvalue weighted by Gasteiger charge is 2.31. The Kier molecular flexibility index (Phi) is 4.43. The van der Waals surface area contributed by atoms with Crippen molar-refractivity contribution in [1.29, 1.82) is 5.26 Å². The van der Waals surface area contributed by atoms with E-state index in [1.165, 1.54) is 18.2 Å². The maximum Gasteiger partial charge on any atom is 0.405 e. The number of halogens is 3. The minimum atomic E-state index is -4.30. The standard InChI is InChI=1S/C12H14F3N3/c1-2-5-18(8-12(13,14)15)11-4-3-10(17)6-9(11)7-16/h3-4,6H,2,5,8,17H2,1H3. The quantitative estimate of drug-likeness (QED) is 0.844. The van der Waals surface area contributed by atoms with Crippen molar-refractivity contribution in [2.24, 2.45) is 0 Å². The summed E-state index contributed by atoms with van der Waals surface area (Å²) < 4.78 is 37.4. The van der Waals surface area contributed by atoms with E-state index in [2.05, 4.69) is 0 Å². The second-order valence-corrected chi connectivity index (χ2v) is 3.93. The molecule has 3 nitrogen and oxygen atoms in total. The molecule has 1 aromatic rings. The summed E-state index contributed by atoms with van der Waals surface area (Å²) in [6.07, 6.45) is -3.74. The number of rotatable bonds is 4. The third-order valence-corrected chi connectivity index (χ3v) is 2.35. The van der Waals surface area contributed by atoms with E-state index in [-0.39, 0.29) is 17.8 Å². The maximum absolute atomic E-state index is 12.5. The van der Waals surface area contributed by atoms with Crippen molar-refractivity contribution in [3.8, 4) is 6.07 Å². The molecule has 0 spiro atoms. The fraction of sp³-hybridized carbons (Fsp3) is 0.417. The Labute approximate surface area is 104 Å². The van der Waals surface area contributed by atoms with Gasteiger partial charge in [-0.25, -0.2) is 0 Å². The first kappa shape index (κ1) is 14.2. The largest absolute Gasteiger partial charge is 0.405 e. The van der Waals surface area contributed by atoms with Gasteiger partial charge in [0, 0.05) is 12.2 Å². The maximum atomic E-state index is 12.5. The van der Waals surface area contributed by atoms with E-state index in [1.807, 2.05) is 6.07 Å². The van der Waals surface area contributed by atoms with Gasteiger partial charge in [-0.15, -0.1) is 0 Å². The van der Waals surface area contributed by atoms with Crippen LogP contribution in [0.3, 0.4) is 0 Å². The zero-order chi connectivity index (χ0) is 13.8. The van der Waals surface area contributed by atoms with E-state index in [0.29, 0.717) is 12.1 Å². The lowest BCUT2D eigenvalue weighted by Gasteiger charge is -2.26. The molecule has 1 rings (SSSR count). The first-order chi connectivity index (χ1) is 8.37. The molecule has 98 valence electrons. The number of nitrogen functional groups attached to an aromatic ring is 1. The van der Waals surface area contributed by atoms with E-state index >= 15 is 0 Å². The van der Waals surface area contributed by atoms with Crippen LogP contribution in [0.2, 0.25) is 0 Å². The molecule has 0 bridgehead atoms. The predicted molar refractivity (Wildman–Crippen MR) is 64.1 cm³/mol. The highest BCUT2D eigenvalue weighted by molar-refractivity contribution is 5.64. The predicted octanol–water partition coefficient (Wildman–Crippen LogP) is 2.92. The summed E-state index contributed by atoms with van der Waals surface area (Å²) in [6, 6.07) is 6.20. The summed E-state index contributed by atoms with van der Waals surface area (Å²) in [7, 11) is 0. The number of alkyl halides is 3. The first-order valence-electron chi connectivity index (χ1n) is 5.48. The van der Waals surface area contributed by atoms with Gasteiger partial charge in [0.1, 0.15) is 12.6 Å². The summed E-state index contributed by atoms with van der Waals surface area (Å²) in [6.45, 7) is 0.949. The minimum absolute atomic E-state index is 0.160. The SMILES string of the molecule is CCCN(CC(F)(F)F)c1ccc(N)cc1C#N. The van der Waals surface area contributed by atoms with E-state index < -0.39 is 12.7 Å². The molecule has 0 fully saturated rings. The molecule has 0 unspecified atom stereocenters. The lowest BCUT2D eigenvalue weighted by Crippen LogP contribution is -2.35. The minimum Gasteiger partial charge on any atom is -0.399 e. The monoisotopic (exact) mass is 257 g/mol. The number of nitrogens with two attached hydrogens (primary N) is 1. The Morgan fingerprint density at radius 3 is 2.56 bits per heavy atom. The van der Waals surface area contributed by atoms with E-state index in [9.17, 15) is 13.2 Å². The van der Waals surface area contributed by atoms with Gasteiger partial charge in [0.25, 0.3) is 0 Å². The van der Waals surface area contributed by atoms with Crippen molar-refractivity contribution in [2.75, 3.05) is 23.7 Å². The van der Waals surface area contributed by atoms with E-state index in [4.69, 9.17) is 11.0 Å². The molecular formula is C12H14F3N3. The molecule has 0 atom stereocenters. The molecule has 0 aliphatic rings. The number of anilines is 2. The molecule has 0 amide bonds. The fourth-order valence-corrected chi connectivity index (χ4v) is 1.69. The molecule has 0 aliphatic carbocycles. The third-order valence-electron chi connectivity index (χ3n) is 2.35. The van der Waals surface area contributed by atoms with Gasteiger partial charge in [-0.05, 0) is 24.6 Å². The second-order valence-electron chi connectivity index (χ2n) is 3.93. The Balaban J connectivity index is 3.10. The number of nitriles is 1. The van der Waals surface area contributed by atoms with Gasteiger partial charge < -0.3 is 10.6 Å². The lowest BCUT2D eigenvalue weighted by molar-refractivity contribution is -0.119. The lowest BCUT2D eigenvalue weighted by atomic mass is 10.1. The van der Waals surface area contributed by atoms with Gasteiger partial charge in [-0.1, -0.05) is 6.92 Å². The zero-order valence-corrected chi connectivity index (χ0v) is 9.96. The van der Waals surface area contributed by atoms with Crippen LogP contribution < -0.4 is 10.6 Å². The molecule has 1 aromatic carbocycles. The van der Waals surface area contributed by atoms with Crippen LogP contribution in [0.4, 0.5) is 24.5 Å². The van der Waals surface area contributed by atoms with Gasteiger partial charge in [0.2, 0.25) is 0 Å². The van der Waals surface area contributed by atoms with Crippen LogP contribution in [0.1, 0.15) is 18.9 Å². The third kappa shape index (κ3) is 3.84. The van der Waals surface area contributed by atoms with Crippen LogP contribution >= 0.6 is 0 Å². The molecule has 18 heavy (non-hydrogen) atoms. The number of hydrogen-bond acceptors (Lipinski definition) is 3. The molecule has 0 radical (unpaired) electrons. The molecule has 0 saturated carbocycles. The highest BCUT2D eigenvalue weighted by Crippen LogP contribution is 2.26. The fourth-order valence-electron chi connectivity index (χ4n) is 1.69. The second kappa shape index (κ2) is 5.63. The average molecular weight is 257 g/mol. The molecule has 2 N–H and O–H groups in total. The van der Waals surface area contributed by atoms with Crippen molar-refractivity contribution in [3.05, 3.63) is 23.8 Å². The molecule has 0 heterocycles. The molecule has 0 saturated heterocycles. The van der Waals surface area contributed by atoms with Gasteiger partial charge in [-0.2, -0.15) is 18.4 Å². The van der Waals surface area contributed by atoms with Crippen LogP contribution in [0.5, 0.6) is 0 Å². The van der Waals surface area contributed by atoms with E-state index in [0.717, 1.165) is 4.90 Å².